The number of phenolic OH excluding ortho intramolecular Hbond substituents is 1. The van der Waals surface area contributed by atoms with E-state index < -0.39 is 0 Å². The van der Waals surface area contributed by atoms with Gasteiger partial charge in [0.05, 0.1) is 5.56 Å². The van der Waals surface area contributed by atoms with Crippen LogP contribution in [-0.4, -0.2) is 38.6 Å². The third-order valence-corrected chi connectivity index (χ3v) is 4.59. The Morgan fingerprint density at radius 2 is 2.30 bits per heavy atom. The molecule has 23 heavy (non-hydrogen) atoms. The van der Waals surface area contributed by atoms with Crippen LogP contribution in [0.25, 0.3) is 0 Å². The number of benzene rings is 1. The zero-order chi connectivity index (χ0) is 16.4. The van der Waals surface area contributed by atoms with E-state index >= 15 is 0 Å². The standard InChI is InChI=1S/C17H20ClN3O2/c1-2-20-9-7-19-16(20)12-4-3-8-21(11-12)17(23)14-6-5-13(18)10-15(14)22/h5-7,9-10,12,22H,2-4,8,11H2,1H3/t12-/m1/s1. The number of halogens is 1. The van der Waals surface area contributed by atoms with Crippen molar-refractivity contribution in [2.45, 2.75) is 32.2 Å². The quantitative estimate of drug-likeness (QED) is 0.937. The Kier molecular flexibility index (Phi) is 4.57. The van der Waals surface area contributed by atoms with Crippen molar-refractivity contribution in [1.82, 2.24) is 14.5 Å². The average Bonchev–Trinajstić information content (AvgIpc) is 3.03. The molecule has 6 heteroatoms. The zero-order valence-electron chi connectivity index (χ0n) is 13.1. The lowest BCUT2D eigenvalue weighted by Gasteiger charge is -2.32. The van der Waals surface area contributed by atoms with Gasteiger partial charge < -0.3 is 14.6 Å². The molecule has 1 aromatic carbocycles. The lowest BCUT2D eigenvalue weighted by atomic mass is 9.96. The van der Waals surface area contributed by atoms with Gasteiger partial charge >= 0.3 is 0 Å². The first-order chi connectivity index (χ1) is 11.1. The number of amides is 1. The van der Waals surface area contributed by atoms with Crippen molar-refractivity contribution in [3.63, 3.8) is 0 Å². The summed E-state index contributed by atoms with van der Waals surface area (Å²) in [5.74, 6) is 1.04. The number of nitrogens with zero attached hydrogens (tertiary/aromatic N) is 3. The summed E-state index contributed by atoms with van der Waals surface area (Å²) in [4.78, 5) is 19.0. The highest BCUT2D eigenvalue weighted by atomic mass is 35.5. The Bertz CT molecular complexity index is 714. The molecule has 0 spiro atoms. The normalized spacial score (nSPS) is 18.2. The van der Waals surface area contributed by atoms with Crippen molar-refractivity contribution in [2.75, 3.05) is 13.1 Å². The minimum Gasteiger partial charge on any atom is -0.507 e. The van der Waals surface area contributed by atoms with Crippen LogP contribution in [0.4, 0.5) is 0 Å². The van der Waals surface area contributed by atoms with E-state index in [9.17, 15) is 9.90 Å². The summed E-state index contributed by atoms with van der Waals surface area (Å²) in [6.07, 6.45) is 5.74. The third kappa shape index (κ3) is 3.20. The number of hydrogen-bond acceptors (Lipinski definition) is 3. The second-order valence-corrected chi connectivity index (χ2v) is 6.26. The molecule has 2 aromatic rings. The van der Waals surface area contributed by atoms with Crippen LogP contribution in [0.1, 0.15) is 41.9 Å². The van der Waals surface area contributed by atoms with Gasteiger partial charge in [-0.25, -0.2) is 4.98 Å². The molecule has 1 fully saturated rings. The van der Waals surface area contributed by atoms with Gasteiger partial charge in [-0.3, -0.25) is 4.79 Å². The molecule has 1 aromatic heterocycles. The van der Waals surface area contributed by atoms with Crippen LogP contribution in [0, 0.1) is 0 Å². The van der Waals surface area contributed by atoms with Gasteiger partial charge in [0, 0.05) is 43.0 Å². The third-order valence-electron chi connectivity index (χ3n) is 4.35. The molecule has 0 radical (unpaired) electrons. The number of piperidine rings is 1. The largest absolute Gasteiger partial charge is 0.507 e. The lowest BCUT2D eigenvalue weighted by Crippen LogP contribution is -2.39. The monoisotopic (exact) mass is 333 g/mol. The number of aromatic nitrogens is 2. The van der Waals surface area contributed by atoms with E-state index in [-0.39, 0.29) is 17.6 Å². The Morgan fingerprint density at radius 1 is 1.48 bits per heavy atom. The van der Waals surface area contributed by atoms with Gasteiger partial charge in [0.2, 0.25) is 0 Å². The number of carbonyl (C=O) groups is 1. The van der Waals surface area contributed by atoms with Crippen LogP contribution < -0.4 is 0 Å². The summed E-state index contributed by atoms with van der Waals surface area (Å²) in [7, 11) is 0. The fourth-order valence-corrected chi connectivity index (χ4v) is 3.34. The van der Waals surface area contributed by atoms with Crippen molar-refractivity contribution in [3.8, 4) is 5.75 Å². The number of imidazole rings is 1. The van der Waals surface area contributed by atoms with E-state index in [0.717, 1.165) is 25.2 Å². The van der Waals surface area contributed by atoms with Crippen LogP contribution in [0.3, 0.4) is 0 Å². The van der Waals surface area contributed by atoms with Gasteiger partial charge in [-0.15, -0.1) is 0 Å². The maximum Gasteiger partial charge on any atom is 0.257 e. The van der Waals surface area contributed by atoms with Crippen LogP contribution in [0.2, 0.25) is 5.02 Å². The second-order valence-electron chi connectivity index (χ2n) is 5.82. The van der Waals surface area contributed by atoms with Crippen molar-refractivity contribution >= 4 is 17.5 Å². The first-order valence-corrected chi connectivity index (χ1v) is 8.26. The minimum absolute atomic E-state index is 0.0697. The predicted octanol–water partition coefficient (Wildman–Crippen LogP) is 3.28. The molecule has 3 rings (SSSR count). The number of phenols is 1. The van der Waals surface area contributed by atoms with Gasteiger partial charge in [-0.05, 0) is 38.0 Å². The first kappa shape index (κ1) is 15.9. The first-order valence-electron chi connectivity index (χ1n) is 7.89. The zero-order valence-corrected chi connectivity index (χ0v) is 13.8. The van der Waals surface area contributed by atoms with Crippen LogP contribution >= 0.6 is 11.6 Å². The summed E-state index contributed by atoms with van der Waals surface area (Å²) >= 11 is 5.84. The van der Waals surface area contributed by atoms with Crippen molar-refractivity contribution < 1.29 is 9.90 Å². The van der Waals surface area contributed by atoms with Gasteiger partial charge in [-0.2, -0.15) is 0 Å². The highest BCUT2D eigenvalue weighted by molar-refractivity contribution is 6.30. The smallest absolute Gasteiger partial charge is 0.257 e. The summed E-state index contributed by atoms with van der Waals surface area (Å²) in [5, 5.41) is 10.4. The summed E-state index contributed by atoms with van der Waals surface area (Å²) < 4.78 is 2.12. The van der Waals surface area contributed by atoms with Crippen LogP contribution in [0.15, 0.2) is 30.6 Å². The van der Waals surface area contributed by atoms with E-state index in [1.807, 2.05) is 12.4 Å². The molecule has 0 aliphatic carbocycles. The number of aryl methyl sites for hydroxylation is 1. The second kappa shape index (κ2) is 6.62. The van der Waals surface area contributed by atoms with Crippen molar-refractivity contribution in [2.24, 2.45) is 0 Å². The number of rotatable bonds is 3. The Hall–Kier alpha value is -2.01. The topological polar surface area (TPSA) is 58.4 Å². The molecule has 1 aliphatic rings. The van der Waals surface area contributed by atoms with E-state index in [4.69, 9.17) is 11.6 Å². The van der Waals surface area contributed by atoms with E-state index in [1.54, 1.807) is 17.0 Å². The molecule has 0 bridgehead atoms. The molecule has 1 saturated heterocycles. The summed E-state index contributed by atoms with van der Waals surface area (Å²) in [6, 6.07) is 4.61. The summed E-state index contributed by atoms with van der Waals surface area (Å²) in [6.45, 7) is 4.28. The molecular formula is C17H20ClN3O2. The van der Waals surface area contributed by atoms with Crippen molar-refractivity contribution in [1.29, 1.82) is 0 Å². The summed E-state index contributed by atoms with van der Waals surface area (Å²) in [5.41, 5.74) is 0.300. The maximum absolute atomic E-state index is 12.7. The van der Waals surface area contributed by atoms with E-state index in [1.165, 1.54) is 6.07 Å². The fourth-order valence-electron chi connectivity index (χ4n) is 3.18. The number of hydrogen-bond donors (Lipinski definition) is 1. The van der Waals surface area contributed by atoms with Gasteiger partial charge in [0.25, 0.3) is 5.91 Å². The fraction of sp³-hybridized carbons (Fsp3) is 0.412. The molecule has 0 saturated carbocycles. The molecule has 1 amide bonds. The highest BCUT2D eigenvalue weighted by Gasteiger charge is 2.28. The molecule has 122 valence electrons. The SMILES string of the molecule is CCn1ccnc1[C@@H]1CCCN(C(=O)c2ccc(Cl)cc2O)C1. The molecule has 5 nitrogen and oxygen atoms in total. The van der Waals surface area contributed by atoms with Gasteiger partial charge in [-0.1, -0.05) is 11.6 Å². The number of carbonyl (C=O) groups excluding carboxylic acids is 1. The van der Waals surface area contributed by atoms with Gasteiger partial charge in [0.1, 0.15) is 11.6 Å². The molecule has 2 heterocycles. The number of aromatic hydroxyl groups is 1. The Labute approximate surface area is 140 Å². The molecule has 1 aliphatic heterocycles. The molecule has 0 unspecified atom stereocenters. The predicted molar refractivity (Wildman–Crippen MR) is 88.9 cm³/mol. The van der Waals surface area contributed by atoms with Crippen LogP contribution in [-0.2, 0) is 6.54 Å². The van der Waals surface area contributed by atoms with E-state index in [2.05, 4.69) is 16.5 Å². The molecule has 1 N–H and O–H groups in total. The highest BCUT2D eigenvalue weighted by Crippen LogP contribution is 2.29. The van der Waals surface area contributed by atoms with E-state index in [0.29, 0.717) is 23.7 Å². The molecule has 1 atom stereocenters. The Morgan fingerprint density at radius 3 is 3.04 bits per heavy atom. The lowest BCUT2D eigenvalue weighted by molar-refractivity contribution is 0.0700. The maximum atomic E-state index is 12.7. The average molecular weight is 334 g/mol. The molecular weight excluding hydrogens is 314 g/mol. The van der Waals surface area contributed by atoms with Gasteiger partial charge in [0.15, 0.2) is 0 Å². The van der Waals surface area contributed by atoms with Crippen molar-refractivity contribution in [3.05, 3.63) is 47.0 Å². The van der Waals surface area contributed by atoms with Crippen LogP contribution in [0.5, 0.6) is 5.75 Å². The Balaban J connectivity index is 1.79. The minimum atomic E-state index is -0.154. The number of likely N-dealkylation sites (tertiary alicyclic amines) is 1.